The number of fused-ring (bicyclic) bond motifs is 2. The molecule has 10 heteroatoms. The lowest BCUT2D eigenvalue weighted by molar-refractivity contribution is -0.0626. The van der Waals surface area contributed by atoms with E-state index in [-0.39, 0.29) is 34.3 Å². The van der Waals surface area contributed by atoms with Crippen LogP contribution in [0, 0.1) is 5.92 Å². The molecule has 2 aromatic heterocycles. The number of hydrogen-bond donors (Lipinski definition) is 1. The molecule has 2 fully saturated rings. The molecule has 0 amide bonds. The quantitative estimate of drug-likeness (QED) is 0.863. The van der Waals surface area contributed by atoms with Gasteiger partial charge in [-0.05, 0) is 20.5 Å². The first kappa shape index (κ1) is 15.8. The highest BCUT2D eigenvalue weighted by Crippen LogP contribution is 2.42. The van der Waals surface area contributed by atoms with Crippen LogP contribution < -0.4 is 4.72 Å². The van der Waals surface area contributed by atoms with Crippen LogP contribution in [0.15, 0.2) is 16.6 Å². The zero-order valence-electron chi connectivity index (χ0n) is 12.6. The van der Waals surface area contributed by atoms with E-state index in [4.69, 9.17) is 16.3 Å². The second kappa shape index (κ2) is 5.40. The number of halogens is 1. The summed E-state index contributed by atoms with van der Waals surface area (Å²) in [4.78, 5) is 6.68. The lowest BCUT2D eigenvalue weighted by Crippen LogP contribution is -2.69. The van der Waals surface area contributed by atoms with E-state index in [0.717, 1.165) is 6.42 Å². The summed E-state index contributed by atoms with van der Waals surface area (Å²) in [7, 11) is 0.108. The third-order valence-corrected chi connectivity index (χ3v) is 7.28. The summed E-state index contributed by atoms with van der Waals surface area (Å²) >= 11 is 7.41. The van der Waals surface area contributed by atoms with E-state index in [1.54, 1.807) is 11.6 Å². The van der Waals surface area contributed by atoms with Crippen molar-refractivity contribution in [1.29, 1.82) is 0 Å². The molecule has 7 nitrogen and oxygen atoms in total. The molecule has 1 aliphatic carbocycles. The van der Waals surface area contributed by atoms with Gasteiger partial charge in [-0.25, -0.2) is 18.1 Å². The third kappa shape index (κ3) is 2.33. The Bertz CT molecular complexity index is 847. The molecule has 0 aromatic carbocycles. The number of ether oxygens (including phenoxy) is 1. The number of rotatable bonds is 4. The van der Waals surface area contributed by atoms with Gasteiger partial charge < -0.3 is 9.64 Å². The van der Waals surface area contributed by atoms with Crippen LogP contribution >= 0.6 is 22.9 Å². The van der Waals surface area contributed by atoms with Gasteiger partial charge >= 0.3 is 0 Å². The first-order valence-electron chi connectivity index (χ1n) is 7.31. The van der Waals surface area contributed by atoms with Crippen molar-refractivity contribution in [2.75, 3.05) is 20.7 Å². The summed E-state index contributed by atoms with van der Waals surface area (Å²) in [6.07, 6.45) is 2.63. The molecule has 2 aliphatic rings. The molecule has 4 atom stereocenters. The van der Waals surface area contributed by atoms with Crippen LogP contribution in [0.4, 0.5) is 0 Å². The van der Waals surface area contributed by atoms with Crippen LogP contribution in [0.2, 0.25) is 5.15 Å². The van der Waals surface area contributed by atoms with E-state index in [9.17, 15) is 8.42 Å². The van der Waals surface area contributed by atoms with Gasteiger partial charge in [-0.3, -0.25) is 4.40 Å². The smallest absolute Gasteiger partial charge is 0.260 e. The Labute approximate surface area is 143 Å². The monoisotopic (exact) mass is 376 g/mol. The number of thiazole rings is 1. The minimum absolute atomic E-state index is 0.00398. The summed E-state index contributed by atoms with van der Waals surface area (Å²) in [5, 5.41) is 1.80. The van der Waals surface area contributed by atoms with Gasteiger partial charge in [0.25, 0.3) is 10.0 Å². The maximum atomic E-state index is 12.9. The van der Waals surface area contributed by atoms with Gasteiger partial charge in [0.15, 0.2) is 15.1 Å². The lowest BCUT2D eigenvalue weighted by atomic mass is 9.71. The minimum Gasteiger partial charge on any atom is -0.376 e. The van der Waals surface area contributed by atoms with E-state index in [2.05, 4.69) is 9.71 Å². The molecule has 2 aromatic rings. The first-order valence-corrected chi connectivity index (χ1v) is 10.1. The molecule has 0 radical (unpaired) electrons. The fourth-order valence-corrected chi connectivity index (χ4v) is 6.42. The van der Waals surface area contributed by atoms with Crippen LogP contribution in [0.1, 0.15) is 6.42 Å². The second-order valence-corrected chi connectivity index (χ2v) is 9.01. The maximum Gasteiger partial charge on any atom is 0.260 e. The topological polar surface area (TPSA) is 75.9 Å². The molecule has 4 rings (SSSR count). The minimum atomic E-state index is -3.77. The molecule has 0 unspecified atom stereocenters. The number of sulfonamides is 1. The lowest BCUT2D eigenvalue weighted by Gasteiger charge is -2.50. The molecule has 0 spiro atoms. The summed E-state index contributed by atoms with van der Waals surface area (Å²) in [6, 6.07) is -0.148. The highest BCUT2D eigenvalue weighted by Gasteiger charge is 2.56. The molecule has 0 bridgehead atoms. The highest BCUT2D eigenvalue weighted by molar-refractivity contribution is 7.89. The Morgan fingerprint density at radius 1 is 1.52 bits per heavy atom. The zero-order valence-corrected chi connectivity index (χ0v) is 15.0. The summed E-state index contributed by atoms with van der Waals surface area (Å²) < 4.78 is 35.8. The summed E-state index contributed by atoms with van der Waals surface area (Å²) in [6.45, 7) is 0.681. The predicted octanol–water partition coefficient (Wildman–Crippen LogP) is 1.04. The molecule has 1 aliphatic heterocycles. The second-order valence-electron chi connectivity index (χ2n) is 6.15. The molecule has 126 valence electrons. The van der Waals surface area contributed by atoms with Crippen molar-refractivity contribution in [3.8, 4) is 0 Å². The van der Waals surface area contributed by atoms with Crippen molar-refractivity contribution >= 4 is 37.9 Å². The van der Waals surface area contributed by atoms with Crippen molar-refractivity contribution in [1.82, 2.24) is 19.0 Å². The Kier molecular flexibility index (Phi) is 3.71. The van der Waals surface area contributed by atoms with Crippen molar-refractivity contribution in [3.63, 3.8) is 0 Å². The Morgan fingerprint density at radius 2 is 2.30 bits per heavy atom. The third-order valence-electron chi connectivity index (χ3n) is 4.67. The van der Waals surface area contributed by atoms with E-state index in [1.807, 2.05) is 19.0 Å². The number of aromatic nitrogens is 2. The van der Waals surface area contributed by atoms with Crippen molar-refractivity contribution in [2.24, 2.45) is 5.92 Å². The molecular formula is C13H17ClN4O3S2. The van der Waals surface area contributed by atoms with E-state index < -0.39 is 10.0 Å². The maximum absolute atomic E-state index is 12.9. The number of nitrogens with one attached hydrogen (secondary N) is 1. The molecule has 3 heterocycles. The number of likely N-dealkylation sites (N-methyl/N-ethyl adjacent to an activating group) is 1. The van der Waals surface area contributed by atoms with Crippen molar-refractivity contribution in [2.45, 2.75) is 29.6 Å². The Balaban J connectivity index is 1.67. The number of hydrogen-bond acceptors (Lipinski definition) is 6. The molecule has 23 heavy (non-hydrogen) atoms. The number of nitrogens with zero attached hydrogens (tertiary/aromatic N) is 3. The largest absolute Gasteiger partial charge is 0.376 e. The number of imidazole rings is 1. The van der Waals surface area contributed by atoms with Crippen LogP contribution in [0.5, 0.6) is 0 Å². The fourth-order valence-electron chi connectivity index (χ4n) is 3.66. The Morgan fingerprint density at radius 3 is 3.04 bits per heavy atom. The van der Waals surface area contributed by atoms with Gasteiger partial charge in [0.05, 0.1) is 12.1 Å². The normalized spacial score (nSPS) is 30.8. The van der Waals surface area contributed by atoms with Gasteiger partial charge in [-0.2, -0.15) is 0 Å². The fraction of sp³-hybridized carbons (Fsp3) is 0.615. The SMILES string of the molecule is CN(C)[C@@H]1[C@@H](NS(=O)(=O)c2c(Cl)nc3sccn23)[C@H]2CCO[C@H]21. The zero-order chi connectivity index (χ0) is 16.4. The predicted molar refractivity (Wildman–Crippen MR) is 87.5 cm³/mol. The highest BCUT2D eigenvalue weighted by atomic mass is 35.5. The van der Waals surface area contributed by atoms with Gasteiger partial charge in [0.2, 0.25) is 0 Å². The van der Waals surface area contributed by atoms with E-state index >= 15 is 0 Å². The molecular weight excluding hydrogens is 360 g/mol. The summed E-state index contributed by atoms with van der Waals surface area (Å²) in [5.74, 6) is 0.210. The van der Waals surface area contributed by atoms with Gasteiger partial charge in [-0.15, -0.1) is 11.3 Å². The molecule has 1 N–H and O–H groups in total. The van der Waals surface area contributed by atoms with Gasteiger partial charge in [-0.1, -0.05) is 11.6 Å². The first-order chi connectivity index (χ1) is 10.9. The van der Waals surface area contributed by atoms with Gasteiger partial charge in [0.1, 0.15) is 0 Å². The Hall–Kier alpha value is -0.710. The molecule has 1 saturated heterocycles. The molecule has 1 saturated carbocycles. The summed E-state index contributed by atoms with van der Waals surface area (Å²) in [5.41, 5.74) is 0. The van der Waals surface area contributed by atoms with Crippen LogP contribution in [0.3, 0.4) is 0 Å². The van der Waals surface area contributed by atoms with E-state index in [0.29, 0.717) is 11.6 Å². The van der Waals surface area contributed by atoms with Crippen LogP contribution in [0.25, 0.3) is 4.96 Å². The average Bonchev–Trinajstić information content (AvgIpc) is 3.09. The van der Waals surface area contributed by atoms with Crippen molar-refractivity contribution in [3.05, 3.63) is 16.7 Å². The standard InChI is InChI=1S/C13H17ClN4O3S2/c1-17(2)9-8(7-3-5-21-10(7)9)16-23(19,20)12-11(14)15-13-18(12)4-6-22-13/h4,6-10,16H,3,5H2,1-2H3/t7-,8+,9-,10-/m1/s1. The van der Waals surface area contributed by atoms with Crippen molar-refractivity contribution < 1.29 is 13.2 Å². The van der Waals surface area contributed by atoms with Gasteiger partial charge in [0, 0.05) is 30.1 Å². The average molecular weight is 377 g/mol. The van der Waals surface area contributed by atoms with E-state index in [1.165, 1.54) is 15.7 Å². The van der Waals surface area contributed by atoms with Crippen LogP contribution in [-0.2, 0) is 14.8 Å². The van der Waals surface area contributed by atoms with Crippen LogP contribution in [-0.4, -0.2) is 61.6 Å².